The smallest absolute Gasteiger partial charge is 0.115 e. The molecule has 2 heteroatoms. The largest absolute Gasteiger partial charge is 0.508 e. The average molecular weight is 175 g/mol. The summed E-state index contributed by atoms with van der Waals surface area (Å²) in [6, 6.07) is 6.23. The van der Waals surface area contributed by atoms with Crippen LogP contribution < -0.4 is 5.32 Å². The van der Waals surface area contributed by atoms with E-state index >= 15 is 0 Å². The van der Waals surface area contributed by atoms with Crippen LogP contribution in [0.5, 0.6) is 5.75 Å². The Morgan fingerprint density at radius 1 is 1.31 bits per heavy atom. The maximum Gasteiger partial charge on any atom is 0.115 e. The molecule has 2 nitrogen and oxygen atoms in total. The van der Waals surface area contributed by atoms with Gasteiger partial charge in [0.15, 0.2) is 0 Å². The van der Waals surface area contributed by atoms with E-state index in [2.05, 4.69) is 5.32 Å². The second-order valence-electron chi connectivity index (χ2n) is 4.08. The fourth-order valence-corrected chi connectivity index (χ4v) is 2.21. The van der Waals surface area contributed by atoms with Gasteiger partial charge in [0.1, 0.15) is 5.75 Å². The highest BCUT2D eigenvalue weighted by molar-refractivity contribution is 5.40. The van der Waals surface area contributed by atoms with Gasteiger partial charge in [-0.05, 0) is 42.0 Å². The summed E-state index contributed by atoms with van der Waals surface area (Å²) < 4.78 is 0. The summed E-state index contributed by atoms with van der Waals surface area (Å²) in [5.41, 5.74) is 2.68. The predicted molar refractivity (Wildman–Crippen MR) is 50.4 cm³/mol. The van der Waals surface area contributed by atoms with Crippen LogP contribution in [0.4, 0.5) is 0 Å². The molecule has 1 fully saturated rings. The van der Waals surface area contributed by atoms with E-state index in [-0.39, 0.29) is 0 Å². The average Bonchev–Trinajstić information content (AvgIpc) is 2.87. The zero-order valence-electron chi connectivity index (χ0n) is 7.46. The van der Waals surface area contributed by atoms with Crippen molar-refractivity contribution in [1.29, 1.82) is 0 Å². The zero-order valence-corrected chi connectivity index (χ0v) is 7.46. The van der Waals surface area contributed by atoms with Gasteiger partial charge in [-0.25, -0.2) is 0 Å². The number of phenols is 1. The van der Waals surface area contributed by atoms with Gasteiger partial charge in [-0.2, -0.15) is 0 Å². The molecule has 1 saturated carbocycles. The van der Waals surface area contributed by atoms with Crippen LogP contribution in [0.3, 0.4) is 0 Å². The lowest BCUT2D eigenvalue weighted by Crippen LogP contribution is -2.13. The van der Waals surface area contributed by atoms with E-state index in [1.807, 2.05) is 12.1 Å². The lowest BCUT2D eigenvalue weighted by molar-refractivity contribution is 0.471. The summed E-state index contributed by atoms with van der Waals surface area (Å²) in [6.45, 7) is 0.969. The van der Waals surface area contributed by atoms with Crippen LogP contribution in [0.1, 0.15) is 30.0 Å². The van der Waals surface area contributed by atoms with Crippen LogP contribution in [0.15, 0.2) is 18.2 Å². The summed E-state index contributed by atoms with van der Waals surface area (Å²) in [7, 11) is 0. The molecule has 2 N–H and O–H groups in total. The molecule has 1 atom stereocenters. The first-order chi connectivity index (χ1) is 6.34. The van der Waals surface area contributed by atoms with Gasteiger partial charge in [-0.1, -0.05) is 6.07 Å². The molecular formula is C11H13NO. The molecule has 0 radical (unpaired) electrons. The highest BCUT2D eigenvalue weighted by Crippen LogP contribution is 2.45. The summed E-state index contributed by atoms with van der Waals surface area (Å²) in [5.74, 6) is 1.22. The van der Waals surface area contributed by atoms with Crippen LogP contribution in [-0.2, 0) is 6.54 Å². The van der Waals surface area contributed by atoms with Crippen LogP contribution in [0, 0.1) is 5.92 Å². The fourth-order valence-electron chi connectivity index (χ4n) is 2.21. The molecule has 0 aromatic heterocycles. The van der Waals surface area contributed by atoms with Gasteiger partial charge in [-0.3, -0.25) is 0 Å². The van der Waals surface area contributed by atoms with E-state index in [1.54, 1.807) is 6.07 Å². The molecule has 1 aromatic rings. The van der Waals surface area contributed by atoms with Gasteiger partial charge in [0.2, 0.25) is 0 Å². The second-order valence-corrected chi connectivity index (χ2v) is 4.08. The van der Waals surface area contributed by atoms with Crippen molar-refractivity contribution in [2.45, 2.75) is 25.4 Å². The molecule has 1 aromatic carbocycles. The van der Waals surface area contributed by atoms with Crippen molar-refractivity contribution < 1.29 is 5.11 Å². The van der Waals surface area contributed by atoms with E-state index in [0.29, 0.717) is 11.8 Å². The molecular weight excluding hydrogens is 162 g/mol. The van der Waals surface area contributed by atoms with E-state index < -0.39 is 0 Å². The van der Waals surface area contributed by atoms with Crippen molar-refractivity contribution in [3.05, 3.63) is 29.3 Å². The monoisotopic (exact) mass is 175 g/mol. The minimum absolute atomic E-state index is 0.396. The Bertz CT molecular complexity index is 344. The first kappa shape index (κ1) is 7.39. The molecule has 3 rings (SSSR count). The summed E-state index contributed by atoms with van der Waals surface area (Å²) in [5, 5.41) is 12.9. The number of rotatable bonds is 1. The van der Waals surface area contributed by atoms with Crippen molar-refractivity contribution in [3.63, 3.8) is 0 Å². The minimum atomic E-state index is 0.396. The summed E-state index contributed by atoms with van der Waals surface area (Å²) in [6.07, 6.45) is 2.68. The van der Waals surface area contributed by atoms with E-state index in [0.717, 1.165) is 12.5 Å². The number of nitrogens with one attached hydrogen (secondary N) is 1. The number of hydrogen-bond acceptors (Lipinski definition) is 2. The molecule has 13 heavy (non-hydrogen) atoms. The summed E-state index contributed by atoms with van der Waals surface area (Å²) in [4.78, 5) is 0. The molecule has 0 spiro atoms. The third-order valence-electron chi connectivity index (χ3n) is 3.07. The van der Waals surface area contributed by atoms with Crippen molar-refractivity contribution in [2.24, 2.45) is 5.92 Å². The number of aromatic hydroxyl groups is 1. The van der Waals surface area contributed by atoms with Gasteiger partial charge in [0, 0.05) is 12.6 Å². The third kappa shape index (κ3) is 1.13. The maximum atomic E-state index is 9.39. The first-order valence-corrected chi connectivity index (χ1v) is 4.90. The van der Waals surface area contributed by atoms with Gasteiger partial charge in [-0.15, -0.1) is 0 Å². The Hall–Kier alpha value is -1.02. The van der Waals surface area contributed by atoms with Crippen LogP contribution in [-0.4, -0.2) is 5.11 Å². The van der Waals surface area contributed by atoms with E-state index in [4.69, 9.17) is 0 Å². The highest BCUT2D eigenvalue weighted by atomic mass is 16.3. The van der Waals surface area contributed by atoms with Crippen molar-refractivity contribution in [3.8, 4) is 5.75 Å². The van der Waals surface area contributed by atoms with Crippen molar-refractivity contribution >= 4 is 0 Å². The summed E-state index contributed by atoms with van der Waals surface area (Å²) >= 11 is 0. The highest BCUT2D eigenvalue weighted by Gasteiger charge is 2.36. The standard InChI is InChI=1S/C11H13NO/c13-9-4-3-8-6-12-11(7-1-2-7)10(8)5-9/h3-5,7,11-13H,1-2,6H2. The predicted octanol–water partition coefficient (Wildman–Crippen LogP) is 1.95. The number of benzene rings is 1. The van der Waals surface area contributed by atoms with Gasteiger partial charge in [0.05, 0.1) is 0 Å². The topological polar surface area (TPSA) is 32.3 Å². The molecule has 2 aliphatic rings. The minimum Gasteiger partial charge on any atom is -0.508 e. The molecule has 1 heterocycles. The van der Waals surface area contributed by atoms with Crippen molar-refractivity contribution in [2.75, 3.05) is 0 Å². The van der Waals surface area contributed by atoms with Gasteiger partial charge >= 0.3 is 0 Å². The molecule has 1 unspecified atom stereocenters. The quantitative estimate of drug-likeness (QED) is 0.683. The Kier molecular flexibility index (Phi) is 1.41. The van der Waals surface area contributed by atoms with E-state index in [1.165, 1.54) is 24.0 Å². The van der Waals surface area contributed by atoms with Crippen LogP contribution in [0.2, 0.25) is 0 Å². The number of fused-ring (bicyclic) bond motifs is 1. The molecule has 0 amide bonds. The Morgan fingerprint density at radius 3 is 2.92 bits per heavy atom. The van der Waals surface area contributed by atoms with Crippen molar-refractivity contribution in [1.82, 2.24) is 5.32 Å². The zero-order chi connectivity index (χ0) is 8.84. The third-order valence-corrected chi connectivity index (χ3v) is 3.07. The normalized spacial score (nSPS) is 26.0. The molecule has 0 saturated heterocycles. The maximum absolute atomic E-state index is 9.39. The SMILES string of the molecule is Oc1ccc2c(c1)C(C1CC1)NC2. The second kappa shape index (κ2) is 2.48. The Labute approximate surface area is 77.6 Å². The van der Waals surface area contributed by atoms with Crippen LogP contribution >= 0.6 is 0 Å². The number of phenolic OH excluding ortho intramolecular Hbond substituents is 1. The first-order valence-electron chi connectivity index (χ1n) is 4.90. The van der Waals surface area contributed by atoms with Crippen LogP contribution in [0.25, 0.3) is 0 Å². The molecule has 68 valence electrons. The van der Waals surface area contributed by atoms with E-state index in [9.17, 15) is 5.11 Å². The fraction of sp³-hybridized carbons (Fsp3) is 0.455. The lowest BCUT2D eigenvalue weighted by Gasteiger charge is -2.09. The molecule has 0 bridgehead atoms. The Balaban J connectivity index is 2.03. The van der Waals surface area contributed by atoms with Gasteiger partial charge in [0.25, 0.3) is 0 Å². The number of hydrogen-bond donors (Lipinski definition) is 2. The van der Waals surface area contributed by atoms with Gasteiger partial charge < -0.3 is 10.4 Å². The molecule has 1 aliphatic carbocycles. The molecule has 1 aliphatic heterocycles. The Morgan fingerprint density at radius 2 is 2.15 bits per heavy atom. The lowest BCUT2D eigenvalue weighted by atomic mass is 10.0.